The van der Waals surface area contributed by atoms with Gasteiger partial charge in [0.2, 0.25) is 5.91 Å². The van der Waals surface area contributed by atoms with Crippen molar-refractivity contribution in [3.05, 3.63) is 78.1 Å². The molecule has 0 saturated heterocycles. The first-order chi connectivity index (χ1) is 14.4. The first-order valence-corrected chi connectivity index (χ1v) is 11.5. The highest BCUT2D eigenvalue weighted by Crippen LogP contribution is 2.16. The first-order valence-electron chi connectivity index (χ1n) is 9.65. The molecule has 1 aromatic heterocycles. The molecule has 3 rings (SSSR count). The van der Waals surface area contributed by atoms with Crippen LogP contribution in [0.1, 0.15) is 24.0 Å². The van der Waals surface area contributed by atoms with Gasteiger partial charge in [0, 0.05) is 31.6 Å². The van der Waals surface area contributed by atoms with E-state index in [1.165, 1.54) is 12.1 Å². The third kappa shape index (κ3) is 6.73. The molecule has 0 radical (unpaired) electrons. The van der Waals surface area contributed by atoms with Gasteiger partial charge in [-0.05, 0) is 47.9 Å². The summed E-state index contributed by atoms with van der Waals surface area (Å²) in [5.41, 5.74) is 2.16. The summed E-state index contributed by atoms with van der Waals surface area (Å²) in [6.45, 7) is 1.54. The highest BCUT2D eigenvalue weighted by Gasteiger charge is 2.07. The van der Waals surface area contributed by atoms with Crippen molar-refractivity contribution < 1.29 is 17.9 Å². The molecule has 158 valence electrons. The van der Waals surface area contributed by atoms with Crippen LogP contribution in [0.5, 0.6) is 5.75 Å². The predicted octanol–water partition coefficient (Wildman–Crippen LogP) is 2.81. The van der Waals surface area contributed by atoms with Crippen molar-refractivity contribution in [2.24, 2.45) is 0 Å². The Hall–Kier alpha value is -3.13. The maximum Gasteiger partial charge on any atom is 0.220 e. The van der Waals surface area contributed by atoms with Crippen molar-refractivity contribution in [1.82, 2.24) is 15.1 Å². The summed E-state index contributed by atoms with van der Waals surface area (Å²) in [5.74, 6) is 0.542. The fourth-order valence-electron chi connectivity index (χ4n) is 2.91. The van der Waals surface area contributed by atoms with Gasteiger partial charge in [0.05, 0.1) is 18.0 Å². The van der Waals surface area contributed by atoms with Crippen LogP contribution in [0.2, 0.25) is 0 Å². The van der Waals surface area contributed by atoms with Crippen LogP contribution in [0, 0.1) is 0 Å². The number of hydrogen-bond acceptors (Lipinski definition) is 5. The molecule has 0 saturated carbocycles. The van der Waals surface area contributed by atoms with Crippen LogP contribution in [-0.2, 0) is 27.7 Å². The Morgan fingerprint density at radius 3 is 2.57 bits per heavy atom. The van der Waals surface area contributed by atoms with Gasteiger partial charge in [-0.15, -0.1) is 0 Å². The third-order valence-electron chi connectivity index (χ3n) is 4.45. The smallest absolute Gasteiger partial charge is 0.220 e. The lowest BCUT2D eigenvalue weighted by Crippen LogP contribution is -2.23. The normalized spacial score (nSPS) is 11.2. The van der Waals surface area contributed by atoms with E-state index in [0.29, 0.717) is 38.3 Å². The minimum Gasteiger partial charge on any atom is -0.494 e. The van der Waals surface area contributed by atoms with Crippen molar-refractivity contribution in [2.75, 3.05) is 12.9 Å². The Balaban J connectivity index is 1.37. The van der Waals surface area contributed by atoms with Crippen LogP contribution in [0.25, 0.3) is 0 Å². The van der Waals surface area contributed by atoms with Crippen LogP contribution in [0.4, 0.5) is 0 Å². The highest BCUT2D eigenvalue weighted by molar-refractivity contribution is 7.90. The van der Waals surface area contributed by atoms with E-state index in [1.807, 2.05) is 35.1 Å². The fourth-order valence-corrected chi connectivity index (χ4v) is 3.54. The van der Waals surface area contributed by atoms with E-state index >= 15 is 0 Å². The SMILES string of the molecule is CS(=O)(=O)c1ccc(OCCCC(=O)NCc2cccc(Cn3cccn3)c2)cc1. The molecule has 1 heterocycles. The fraction of sp³-hybridized carbons (Fsp3) is 0.273. The Kier molecular flexibility index (Phi) is 7.24. The molecule has 3 aromatic rings. The van der Waals surface area contributed by atoms with Crippen molar-refractivity contribution in [2.45, 2.75) is 30.8 Å². The summed E-state index contributed by atoms with van der Waals surface area (Å²) in [6, 6.07) is 16.2. The lowest BCUT2D eigenvalue weighted by molar-refractivity contribution is -0.121. The molecular formula is C22H25N3O4S. The quantitative estimate of drug-likeness (QED) is 0.503. The lowest BCUT2D eigenvalue weighted by Gasteiger charge is -2.09. The van der Waals surface area contributed by atoms with E-state index in [0.717, 1.165) is 17.4 Å². The van der Waals surface area contributed by atoms with E-state index < -0.39 is 9.84 Å². The summed E-state index contributed by atoms with van der Waals surface area (Å²) in [6.07, 6.45) is 5.75. The molecule has 7 nitrogen and oxygen atoms in total. The van der Waals surface area contributed by atoms with Crippen molar-refractivity contribution >= 4 is 15.7 Å². The van der Waals surface area contributed by atoms with Gasteiger partial charge >= 0.3 is 0 Å². The largest absolute Gasteiger partial charge is 0.494 e. The number of ether oxygens (including phenoxy) is 1. The van der Waals surface area contributed by atoms with Gasteiger partial charge in [-0.25, -0.2) is 8.42 Å². The Morgan fingerprint density at radius 2 is 1.87 bits per heavy atom. The number of sulfone groups is 1. The average molecular weight is 428 g/mol. The minimum absolute atomic E-state index is 0.0384. The molecule has 8 heteroatoms. The molecule has 0 bridgehead atoms. The molecule has 0 atom stereocenters. The second-order valence-electron chi connectivity index (χ2n) is 7.00. The van der Waals surface area contributed by atoms with Gasteiger partial charge in [-0.3, -0.25) is 9.48 Å². The predicted molar refractivity (Wildman–Crippen MR) is 114 cm³/mol. The third-order valence-corrected chi connectivity index (χ3v) is 5.58. The van der Waals surface area contributed by atoms with E-state index in [1.54, 1.807) is 18.3 Å². The monoisotopic (exact) mass is 427 g/mol. The lowest BCUT2D eigenvalue weighted by atomic mass is 10.1. The van der Waals surface area contributed by atoms with Crippen molar-refractivity contribution in [3.8, 4) is 5.75 Å². The zero-order chi connectivity index (χ0) is 21.4. The second kappa shape index (κ2) is 10.1. The Bertz CT molecular complexity index is 1060. The van der Waals surface area contributed by atoms with Crippen molar-refractivity contribution in [1.29, 1.82) is 0 Å². The van der Waals surface area contributed by atoms with Crippen LogP contribution in [0.3, 0.4) is 0 Å². The molecule has 0 unspecified atom stereocenters. The van der Waals surface area contributed by atoms with Gasteiger partial charge in [0.15, 0.2) is 9.84 Å². The van der Waals surface area contributed by atoms with Gasteiger partial charge in [-0.2, -0.15) is 5.10 Å². The highest BCUT2D eigenvalue weighted by atomic mass is 32.2. The number of carbonyl (C=O) groups excluding carboxylic acids is 1. The maximum atomic E-state index is 12.1. The van der Waals surface area contributed by atoms with Gasteiger partial charge < -0.3 is 10.1 Å². The van der Waals surface area contributed by atoms with Crippen LogP contribution in [0.15, 0.2) is 71.9 Å². The summed E-state index contributed by atoms with van der Waals surface area (Å²) in [5, 5.41) is 7.13. The number of carbonyl (C=O) groups is 1. The minimum atomic E-state index is -3.21. The Labute approximate surface area is 176 Å². The molecule has 0 aliphatic rings. The molecule has 0 fully saturated rings. The second-order valence-corrected chi connectivity index (χ2v) is 9.01. The van der Waals surface area contributed by atoms with E-state index in [4.69, 9.17) is 4.74 Å². The number of nitrogens with zero attached hydrogens (tertiary/aromatic N) is 2. The summed E-state index contributed by atoms with van der Waals surface area (Å²) in [4.78, 5) is 12.3. The first kappa shape index (κ1) is 21.6. The molecule has 2 aromatic carbocycles. The Morgan fingerprint density at radius 1 is 1.10 bits per heavy atom. The number of benzene rings is 2. The topological polar surface area (TPSA) is 90.3 Å². The van der Waals surface area contributed by atoms with Crippen LogP contribution in [-0.4, -0.2) is 37.0 Å². The summed E-state index contributed by atoms with van der Waals surface area (Å²) >= 11 is 0. The molecule has 1 amide bonds. The van der Waals surface area contributed by atoms with E-state index in [-0.39, 0.29) is 10.8 Å². The molecule has 30 heavy (non-hydrogen) atoms. The number of nitrogens with one attached hydrogen (secondary N) is 1. The summed E-state index contributed by atoms with van der Waals surface area (Å²) < 4.78 is 30.3. The van der Waals surface area contributed by atoms with Gasteiger partial charge in [0.1, 0.15) is 5.75 Å². The molecular weight excluding hydrogens is 402 g/mol. The number of amides is 1. The zero-order valence-electron chi connectivity index (χ0n) is 16.8. The van der Waals surface area contributed by atoms with Crippen LogP contribution >= 0.6 is 0 Å². The van der Waals surface area contributed by atoms with E-state index in [2.05, 4.69) is 16.5 Å². The van der Waals surface area contributed by atoms with Gasteiger partial charge in [-0.1, -0.05) is 24.3 Å². The van der Waals surface area contributed by atoms with Gasteiger partial charge in [0.25, 0.3) is 0 Å². The number of rotatable bonds is 10. The van der Waals surface area contributed by atoms with Crippen LogP contribution < -0.4 is 10.1 Å². The number of hydrogen-bond donors (Lipinski definition) is 1. The standard InChI is InChI=1S/C22H25N3O4S/c1-30(27,28)21-10-8-20(9-11-21)29-14-3-7-22(26)23-16-18-5-2-6-19(15-18)17-25-13-4-12-24-25/h2,4-6,8-13,15H,3,7,14,16-17H2,1H3,(H,23,26). The molecule has 0 spiro atoms. The van der Waals surface area contributed by atoms with Crippen molar-refractivity contribution in [3.63, 3.8) is 0 Å². The molecule has 1 N–H and O–H groups in total. The summed E-state index contributed by atoms with van der Waals surface area (Å²) in [7, 11) is -3.21. The number of aromatic nitrogens is 2. The maximum absolute atomic E-state index is 12.1. The average Bonchev–Trinajstić information content (AvgIpc) is 3.23. The zero-order valence-corrected chi connectivity index (χ0v) is 17.6. The molecule has 0 aliphatic carbocycles. The molecule has 0 aliphatic heterocycles. The van der Waals surface area contributed by atoms with E-state index in [9.17, 15) is 13.2 Å².